The van der Waals surface area contributed by atoms with Gasteiger partial charge in [0.2, 0.25) is 0 Å². The van der Waals surface area contributed by atoms with Crippen molar-refractivity contribution in [3.05, 3.63) is 60.9 Å². The van der Waals surface area contributed by atoms with Crippen LogP contribution in [0.15, 0.2) is 55.2 Å². The van der Waals surface area contributed by atoms with E-state index in [1.165, 1.54) is 5.69 Å². The minimum atomic E-state index is 0.748. The largest absolute Gasteiger partial charge is 0.378 e. The first-order valence-electron chi connectivity index (χ1n) is 7.20. The molecule has 3 rings (SSSR count). The molecule has 1 aromatic carbocycles. The van der Waals surface area contributed by atoms with Crippen LogP contribution in [-0.4, -0.2) is 19.3 Å². The van der Waals surface area contributed by atoms with Crippen molar-refractivity contribution in [1.82, 2.24) is 19.3 Å². The Morgan fingerprint density at radius 3 is 2.90 bits per heavy atom. The Kier molecular flexibility index (Phi) is 4.00. The van der Waals surface area contributed by atoms with Crippen LogP contribution in [0, 0.1) is 0 Å². The lowest BCUT2D eigenvalue weighted by Crippen LogP contribution is -2.09. The SMILES string of the molecule is CCCn1cncc1CNc1ccccc1-n1cccn1. The van der Waals surface area contributed by atoms with Gasteiger partial charge in [-0.3, -0.25) is 0 Å². The zero-order valence-corrected chi connectivity index (χ0v) is 12.1. The molecule has 0 aliphatic carbocycles. The number of rotatable bonds is 6. The Morgan fingerprint density at radius 2 is 2.10 bits per heavy atom. The summed E-state index contributed by atoms with van der Waals surface area (Å²) in [6.07, 6.45) is 8.64. The molecule has 0 unspecified atom stereocenters. The smallest absolute Gasteiger partial charge is 0.0948 e. The lowest BCUT2D eigenvalue weighted by molar-refractivity contribution is 0.651. The number of anilines is 1. The third kappa shape index (κ3) is 2.97. The van der Waals surface area contributed by atoms with E-state index in [0.29, 0.717) is 0 Å². The van der Waals surface area contributed by atoms with E-state index in [1.54, 1.807) is 6.20 Å². The van der Waals surface area contributed by atoms with Crippen molar-refractivity contribution >= 4 is 5.69 Å². The maximum absolute atomic E-state index is 4.30. The first-order valence-corrected chi connectivity index (χ1v) is 7.20. The number of imidazole rings is 1. The molecule has 0 amide bonds. The van der Waals surface area contributed by atoms with Crippen molar-refractivity contribution in [2.24, 2.45) is 0 Å². The highest BCUT2D eigenvalue weighted by Crippen LogP contribution is 2.19. The van der Waals surface area contributed by atoms with Gasteiger partial charge in [0, 0.05) is 25.1 Å². The fraction of sp³-hybridized carbons (Fsp3) is 0.250. The van der Waals surface area contributed by atoms with Crippen LogP contribution in [0.25, 0.3) is 5.69 Å². The summed E-state index contributed by atoms with van der Waals surface area (Å²) in [7, 11) is 0. The van der Waals surface area contributed by atoms with Gasteiger partial charge in [0.25, 0.3) is 0 Å². The first kappa shape index (κ1) is 13.4. The second kappa shape index (κ2) is 6.26. The fourth-order valence-electron chi connectivity index (χ4n) is 2.36. The number of benzene rings is 1. The summed E-state index contributed by atoms with van der Waals surface area (Å²) in [5, 5.41) is 7.78. The molecule has 0 spiro atoms. The van der Waals surface area contributed by atoms with E-state index in [9.17, 15) is 0 Å². The van der Waals surface area contributed by atoms with Gasteiger partial charge in [0.05, 0.1) is 29.9 Å². The minimum absolute atomic E-state index is 0.748. The lowest BCUT2D eigenvalue weighted by Gasteiger charge is -2.13. The quantitative estimate of drug-likeness (QED) is 0.755. The highest BCUT2D eigenvalue weighted by Gasteiger charge is 2.06. The molecule has 2 aromatic heterocycles. The van der Waals surface area contributed by atoms with Crippen molar-refractivity contribution in [3.8, 4) is 5.69 Å². The number of nitrogens with one attached hydrogen (secondary N) is 1. The van der Waals surface area contributed by atoms with E-state index in [0.717, 1.165) is 30.9 Å². The molecule has 0 aliphatic rings. The Balaban J connectivity index is 1.78. The maximum Gasteiger partial charge on any atom is 0.0948 e. The number of para-hydroxylation sites is 2. The zero-order valence-electron chi connectivity index (χ0n) is 12.1. The topological polar surface area (TPSA) is 47.7 Å². The highest BCUT2D eigenvalue weighted by atomic mass is 15.3. The molecule has 0 aliphatic heterocycles. The van der Waals surface area contributed by atoms with Crippen LogP contribution in [0.1, 0.15) is 19.0 Å². The van der Waals surface area contributed by atoms with Crippen LogP contribution < -0.4 is 5.32 Å². The van der Waals surface area contributed by atoms with Gasteiger partial charge < -0.3 is 9.88 Å². The van der Waals surface area contributed by atoms with E-state index < -0.39 is 0 Å². The van der Waals surface area contributed by atoms with Gasteiger partial charge >= 0.3 is 0 Å². The molecule has 0 saturated carbocycles. The van der Waals surface area contributed by atoms with E-state index >= 15 is 0 Å². The van der Waals surface area contributed by atoms with Crippen LogP contribution in [-0.2, 0) is 13.1 Å². The molecule has 1 N–H and O–H groups in total. The average molecular weight is 281 g/mol. The lowest BCUT2D eigenvalue weighted by atomic mass is 10.2. The van der Waals surface area contributed by atoms with Crippen LogP contribution in [0.4, 0.5) is 5.69 Å². The van der Waals surface area contributed by atoms with Gasteiger partial charge in [-0.1, -0.05) is 19.1 Å². The van der Waals surface area contributed by atoms with Gasteiger partial charge in [-0.2, -0.15) is 5.10 Å². The molecular weight excluding hydrogens is 262 g/mol. The molecule has 0 fully saturated rings. The summed E-state index contributed by atoms with van der Waals surface area (Å²) >= 11 is 0. The highest BCUT2D eigenvalue weighted by molar-refractivity contribution is 5.60. The summed E-state index contributed by atoms with van der Waals surface area (Å²) in [6.45, 7) is 3.92. The Labute approximate surface area is 124 Å². The standard InChI is InChI=1S/C16H19N5/c1-2-9-20-13-17-11-14(20)12-18-15-6-3-4-7-16(15)21-10-5-8-19-21/h3-8,10-11,13,18H,2,9,12H2,1H3. The van der Waals surface area contributed by atoms with Crippen LogP contribution in [0.2, 0.25) is 0 Å². The maximum atomic E-state index is 4.30. The molecular formula is C16H19N5. The Bertz CT molecular complexity index is 684. The molecule has 0 radical (unpaired) electrons. The van der Waals surface area contributed by atoms with Gasteiger partial charge in [-0.25, -0.2) is 9.67 Å². The molecule has 21 heavy (non-hydrogen) atoms. The van der Waals surface area contributed by atoms with E-state index in [2.05, 4.69) is 39.0 Å². The summed E-state index contributed by atoms with van der Waals surface area (Å²) in [6, 6.07) is 10.1. The van der Waals surface area contributed by atoms with Crippen LogP contribution in [0.3, 0.4) is 0 Å². The first-order chi connectivity index (χ1) is 10.4. The van der Waals surface area contributed by atoms with Crippen LogP contribution >= 0.6 is 0 Å². The van der Waals surface area contributed by atoms with Gasteiger partial charge in [-0.15, -0.1) is 0 Å². The predicted octanol–water partition coefficient (Wildman–Crippen LogP) is 3.09. The zero-order chi connectivity index (χ0) is 14.5. The number of nitrogens with zero attached hydrogens (tertiary/aromatic N) is 4. The molecule has 3 aromatic rings. The summed E-state index contributed by atoms with van der Waals surface area (Å²) in [5.41, 5.74) is 3.29. The van der Waals surface area contributed by atoms with Gasteiger partial charge in [-0.05, 0) is 24.6 Å². The number of hydrogen-bond acceptors (Lipinski definition) is 3. The molecule has 5 nitrogen and oxygen atoms in total. The van der Waals surface area contributed by atoms with E-state index in [1.807, 2.05) is 41.6 Å². The van der Waals surface area contributed by atoms with Crippen molar-refractivity contribution in [1.29, 1.82) is 0 Å². The molecule has 5 heteroatoms. The van der Waals surface area contributed by atoms with Gasteiger partial charge in [0.15, 0.2) is 0 Å². The Hall–Kier alpha value is -2.56. The molecule has 0 atom stereocenters. The third-order valence-electron chi connectivity index (χ3n) is 3.38. The summed E-state index contributed by atoms with van der Waals surface area (Å²) in [4.78, 5) is 4.23. The second-order valence-electron chi connectivity index (χ2n) is 4.90. The van der Waals surface area contributed by atoms with Crippen molar-refractivity contribution in [2.75, 3.05) is 5.32 Å². The van der Waals surface area contributed by atoms with E-state index in [4.69, 9.17) is 0 Å². The molecule has 2 heterocycles. The second-order valence-corrected chi connectivity index (χ2v) is 4.90. The van der Waals surface area contributed by atoms with Crippen LogP contribution in [0.5, 0.6) is 0 Å². The third-order valence-corrected chi connectivity index (χ3v) is 3.38. The summed E-state index contributed by atoms with van der Waals surface area (Å²) in [5.74, 6) is 0. The van der Waals surface area contributed by atoms with Gasteiger partial charge in [0.1, 0.15) is 0 Å². The molecule has 108 valence electrons. The number of aromatic nitrogens is 4. The van der Waals surface area contributed by atoms with Crippen molar-refractivity contribution in [3.63, 3.8) is 0 Å². The molecule has 0 saturated heterocycles. The Morgan fingerprint density at radius 1 is 1.19 bits per heavy atom. The number of hydrogen-bond donors (Lipinski definition) is 1. The van der Waals surface area contributed by atoms with Crippen molar-refractivity contribution in [2.45, 2.75) is 26.4 Å². The summed E-state index contributed by atoms with van der Waals surface area (Å²) < 4.78 is 4.05. The predicted molar refractivity (Wildman–Crippen MR) is 83.4 cm³/mol. The minimum Gasteiger partial charge on any atom is -0.378 e. The molecule has 0 bridgehead atoms. The normalized spacial score (nSPS) is 10.7. The average Bonchev–Trinajstić information content (AvgIpc) is 3.17. The number of aryl methyl sites for hydroxylation is 1. The monoisotopic (exact) mass is 281 g/mol. The van der Waals surface area contributed by atoms with E-state index in [-0.39, 0.29) is 0 Å². The van der Waals surface area contributed by atoms with Crippen molar-refractivity contribution < 1.29 is 0 Å². The fourth-order valence-corrected chi connectivity index (χ4v) is 2.36.